The number of carbonyl (C=O) groups is 1. The Morgan fingerprint density at radius 1 is 1.20 bits per heavy atom. The maximum absolute atomic E-state index is 12.5. The zero-order valence-electron chi connectivity index (χ0n) is 15.3. The lowest BCUT2D eigenvalue weighted by atomic mass is 9.76. The average Bonchev–Trinajstić information content (AvgIpc) is 3.06. The number of rotatable bonds is 3. The molecule has 2 saturated heterocycles. The summed E-state index contributed by atoms with van der Waals surface area (Å²) in [6.07, 6.45) is 4.81. The van der Waals surface area contributed by atoms with E-state index >= 15 is 0 Å². The second kappa shape index (κ2) is 6.52. The molecule has 1 amide bonds. The molecule has 0 saturated carbocycles. The summed E-state index contributed by atoms with van der Waals surface area (Å²) in [6.45, 7) is 5.69. The number of hydrogen-bond donors (Lipinski definition) is 0. The minimum absolute atomic E-state index is 0.130. The molecule has 0 aliphatic carbocycles. The number of piperidine rings is 2. The van der Waals surface area contributed by atoms with Gasteiger partial charge in [-0.2, -0.15) is 0 Å². The van der Waals surface area contributed by atoms with Gasteiger partial charge in [0.1, 0.15) is 0 Å². The van der Waals surface area contributed by atoms with Gasteiger partial charge in [-0.25, -0.2) is 0 Å². The second-order valence-corrected chi connectivity index (χ2v) is 8.23. The van der Waals surface area contributed by atoms with E-state index in [1.54, 1.807) is 0 Å². The van der Waals surface area contributed by atoms with Gasteiger partial charge in [0.05, 0.1) is 0 Å². The fraction of sp³-hybridized carbons (Fsp3) is 0.650. The van der Waals surface area contributed by atoms with Crippen molar-refractivity contribution in [3.63, 3.8) is 0 Å². The molecule has 0 N–H and O–H groups in total. The van der Waals surface area contributed by atoms with Crippen LogP contribution in [0.2, 0.25) is 0 Å². The first-order valence-corrected chi connectivity index (χ1v) is 9.39. The third-order valence-corrected chi connectivity index (χ3v) is 6.01. The normalized spacial score (nSPS) is 27.8. The molecule has 1 aromatic carbocycles. The number of fused-ring (bicyclic) bond motifs is 1. The Kier molecular flexibility index (Phi) is 4.36. The van der Waals surface area contributed by atoms with Crippen molar-refractivity contribution >= 4 is 5.91 Å². The van der Waals surface area contributed by atoms with Crippen LogP contribution in [0.1, 0.15) is 38.2 Å². The molecule has 4 rings (SSSR count). The highest BCUT2D eigenvalue weighted by atomic mass is 16.7. The third-order valence-electron chi connectivity index (χ3n) is 6.01. The smallest absolute Gasteiger partial charge is 0.231 e. The molecular formula is C20H28N2O3. The summed E-state index contributed by atoms with van der Waals surface area (Å²) in [6, 6.07) is 6.66. The van der Waals surface area contributed by atoms with Crippen LogP contribution in [0.4, 0.5) is 0 Å². The van der Waals surface area contributed by atoms with E-state index in [1.165, 1.54) is 5.56 Å². The van der Waals surface area contributed by atoms with Crippen LogP contribution >= 0.6 is 0 Å². The van der Waals surface area contributed by atoms with Crippen molar-refractivity contribution in [1.29, 1.82) is 0 Å². The van der Waals surface area contributed by atoms with Gasteiger partial charge in [-0.3, -0.25) is 4.79 Å². The van der Waals surface area contributed by atoms with Gasteiger partial charge >= 0.3 is 0 Å². The molecule has 3 aliphatic rings. The predicted molar refractivity (Wildman–Crippen MR) is 95.8 cm³/mol. The quantitative estimate of drug-likeness (QED) is 0.845. The lowest BCUT2D eigenvalue weighted by Crippen LogP contribution is -2.53. The fourth-order valence-electron chi connectivity index (χ4n) is 4.46. The highest BCUT2D eigenvalue weighted by Gasteiger charge is 2.38. The van der Waals surface area contributed by atoms with Crippen molar-refractivity contribution in [2.24, 2.45) is 5.41 Å². The maximum atomic E-state index is 12.5. The van der Waals surface area contributed by atoms with Crippen molar-refractivity contribution in [2.45, 2.75) is 45.1 Å². The largest absolute Gasteiger partial charge is 0.454 e. The van der Waals surface area contributed by atoms with Crippen LogP contribution in [0.15, 0.2) is 18.2 Å². The van der Waals surface area contributed by atoms with Gasteiger partial charge in [0.25, 0.3) is 0 Å². The Morgan fingerprint density at radius 3 is 2.76 bits per heavy atom. The average molecular weight is 344 g/mol. The van der Waals surface area contributed by atoms with E-state index in [0.717, 1.165) is 56.8 Å². The summed E-state index contributed by atoms with van der Waals surface area (Å²) in [5, 5.41) is 0. The minimum atomic E-state index is 0.130. The second-order valence-electron chi connectivity index (χ2n) is 8.23. The number of hydrogen-bond acceptors (Lipinski definition) is 4. The minimum Gasteiger partial charge on any atom is -0.454 e. The predicted octanol–water partition coefficient (Wildman–Crippen LogP) is 2.68. The third kappa shape index (κ3) is 3.47. The molecular weight excluding hydrogens is 316 g/mol. The molecule has 136 valence electrons. The van der Waals surface area contributed by atoms with E-state index in [-0.39, 0.29) is 5.41 Å². The van der Waals surface area contributed by atoms with E-state index < -0.39 is 0 Å². The molecule has 0 bridgehead atoms. The van der Waals surface area contributed by atoms with E-state index in [9.17, 15) is 4.79 Å². The van der Waals surface area contributed by atoms with Crippen molar-refractivity contribution in [2.75, 3.05) is 33.5 Å². The number of nitrogens with zero attached hydrogens (tertiary/aromatic N) is 2. The molecule has 1 unspecified atom stereocenters. The van der Waals surface area contributed by atoms with Crippen LogP contribution in [0.25, 0.3) is 0 Å². The highest BCUT2D eigenvalue weighted by Crippen LogP contribution is 2.39. The summed E-state index contributed by atoms with van der Waals surface area (Å²) >= 11 is 0. The first-order valence-electron chi connectivity index (χ1n) is 9.39. The molecule has 3 heterocycles. The summed E-state index contributed by atoms with van der Waals surface area (Å²) in [5.74, 6) is 2.03. The molecule has 1 atom stereocenters. The van der Waals surface area contributed by atoms with E-state index in [1.807, 2.05) is 6.07 Å². The van der Waals surface area contributed by atoms with Crippen molar-refractivity contribution in [3.05, 3.63) is 23.8 Å². The molecule has 5 heteroatoms. The Morgan fingerprint density at radius 2 is 1.96 bits per heavy atom. The molecule has 2 fully saturated rings. The van der Waals surface area contributed by atoms with E-state index in [2.05, 4.69) is 35.9 Å². The fourth-order valence-corrected chi connectivity index (χ4v) is 4.46. The Bertz CT molecular complexity index is 654. The number of amides is 1. The summed E-state index contributed by atoms with van der Waals surface area (Å²) < 4.78 is 10.9. The van der Waals surface area contributed by atoms with Crippen LogP contribution < -0.4 is 9.47 Å². The van der Waals surface area contributed by atoms with E-state index in [4.69, 9.17) is 9.47 Å². The van der Waals surface area contributed by atoms with Gasteiger partial charge in [0, 0.05) is 19.0 Å². The Balaban J connectivity index is 1.46. The molecule has 3 aliphatic heterocycles. The number of benzene rings is 1. The number of carbonyl (C=O) groups excluding carboxylic acids is 1. The molecule has 1 aromatic rings. The summed E-state index contributed by atoms with van der Waals surface area (Å²) in [4.78, 5) is 17.1. The van der Waals surface area contributed by atoms with Crippen molar-refractivity contribution in [1.82, 2.24) is 9.80 Å². The molecule has 0 radical (unpaired) electrons. The number of ether oxygens (including phenoxy) is 2. The zero-order chi connectivity index (χ0) is 17.4. The lowest BCUT2D eigenvalue weighted by molar-refractivity contribution is -0.141. The van der Waals surface area contributed by atoms with E-state index in [0.29, 0.717) is 25.2 Å². The SMILES string of the molecule is CN1CCC(N2CC(C)(Cc3ccc4c(c3)OCO4)CCC2=O)CC1. The monoisotopic (exact) mass is 344 g/mol. The van der Waals surface area contributed by atoms with Gasteiger partial charge in [-0.05, 0) is 68.9 Å². The Hall–Kier alpha value is -1.75. The van der Waals surface area contributed by atoms with Gasteiger partial charge in [0.15, 0.2) is 11.5 Å². The summed E-state index contributed by atoms with van der Waals surface area (Å²) in [7, 11) is 2.16. The van der Waals surface area contributed by atoms with Gasteiger partial charge < -0.3 is 19.3 Å². The van der Waals surface area contributed by atoms with Crippen molar-refractivity contribution in [3.8, 4) is 11.5 Å². The Labute approximate surface area is 149 Å². The first kappa shape index (κ1) is 16.7. The van der Waals surface area contributed by atoms with Gasteiger partial charge in [-0.15, -0.1) is 0 Å². The van der Waals surface area contributed by atoms with Crippen LogP contribution in [-0.2, 0) is 11.2 Å². The van der Waals surface area contributed by atoms with Crippen molar-refractivity contribution < 1.29 is 14.3 Å². The van der Waals surface area contributed by atoms with Crippen LogP contribution in [-0.4, -0.2) is 55.2 Å². The van der Waals surface area contributed by atoms with Crippen LogP contribution in [0.5, 0.6) is 11.5 Å². The van der Waals surface area contributed by atoms with Crippen LogP contribution in [0.3, 0.4) is 0 Å². The molecule has 0 aromatic heterocycles. The van der Waals surface area contributed by atoms with Gasteiger partial charge in [-0.1, -0.05) is 13.0 Å². The molecule has 5 nitrogen and oxygen atoms in total. The maximum Gasteiger partial charge on any atom is 0.231 e. The lowest BCUT2D eigenvalue weighted by Gasteiger charge is -2.46. The highest BCUT2D eigenvalue weighted by molar-refractivity contribution is 5.77. The van der Waals surface area contributed by atoms with Crippen LogP contribution in [0, 0.1) is 5.41 Å². The number of likely N-dealkylation sites (tertiary alicyclic amines) is 2. The van der Waals surface area contributed by atoms with Gasteiger partial charge in [0.2, 0.25) is 12.7 Å². The summed E-state index contributed by atoms with van der Waals surface area (Å²) in [5.41, 5.74) is 1.40. The standard InChI is InChI=1S/C20H28N2O3/c1-20(12-15-3-4-17-18(11-15)25-14-24-17)8-5-19(23)22(13-20)16-6-9-21(2)10-7-16/h3-4,11,16H,5-10,12-14H2,1-2H3. The topological polar surface area (TPSA) is 42.0 Å². The zero-order valence-corrected chi connectivity index (χ0v) is 15.3. The molecule has 25 heavy (non-hydrogen) atoms. The molecule has 0 spiro atoms. The first-order chi connectivity index (χ1) is 12.0.